The van der Waals surface area contributed by atoms with Crippen molar-refractivity contribution < 1.29 is 9.90 Å². The summed E-state index contributed by atoms with van der Waals surface area (Å²) in [5, 5.41) is 11.6. The molecule has 5 heteroatoms. The molecule has 0 saturated heterocycles. The normalized spacial score (nSPS) is 14.7. The molecule has 1 aliphatic rings. The second kappa shape index (κ2) is 5.80. The van der Waals surface area contributed by atoms with Crippen LogP contribution in [-0.4, -0.2) is 27.6 Å². The maximum Gasteiger partial charge on any atom is 0.305 e. The van der Waals surface area contributed by atoms with E-state index in [2.05, 4.69) is 15.3 Å². The van der Waals surface area contributed by atoms with E-state index in [9.17, 15) is 4.79 Å². The molecule has 5 nitrogen and oxygen atoms in total. The SMILES string of the molecule is Cc1nc(NCCC(=O)O)nc2c1CCCCC2. The van der Waals surface area contributed by atoms with E-state index in [0.717, 1.165) is 24.2 Å². The number of aryl methyl sites for hydroxylation is 2. The van der Waals surface area contributed by atoms with Crippen LogP contribution in [0.2, 0.25) is 0 Å². The summed E-state index contributed by atoms with van der Waals surface area (Å²) < 4.78 is 0. The molecule has 2 rings (SSSR count). The number of aliphatic carboxylic acids is 1. The molecule has 0 fully saturated rings. The summed E-state index contributed by atoms with van der Waals surface area (Å²) in [4.78, 5) is 19.4. The van der Waals surface area contributed by atoms with Crippen molar-refractivity contribution in [2.75, 3.05) is 11.9 Å². The molecule has 0 aromatic carbocycles. The first-order valence-corrected chi connectivity index (χ1v) is 6.49. The van der Waals surface area contributed by atoms with Crippen LogP contribution in [0.5, 0.6) is 0 Å². The first-order chi connectivity index (χ1) is 8.66. The van der Waals surface area contributed by atoms with Gasteiger partial charge >= 0.3 is 5.97 Å². The van der Waals surface area contributed by atoms with Gasteiger partial charge in [-0.25, -0.2) is 9.97 Å². The molecule has 1 aliphatic carbocycles. The minimum Gasteiger partial charge on any atom is -0.481 e. The zero-order valence-electron chi connectivity index (χ0n) is 10.7. The van der Waals surface area contributed by atoms with Crippen LogP contribution in [0.25, 0.3) is 0 Å². The molecule has 0 aliphatic heterocycles. The Morgan fingerprint density at radius 2 is 2.06 bits per heavy atom. The predicted molar refractivity (Wildman–Crippen MR) is 68.8 cm³/mol. The highest BCUT2D eigenvalue weighted by Gasteiger charge is 2.14. The highest BCUT2D eigenvalue weighted by atomic mass is 16.4. The molecule has 0 bridgehead atoms. The lowest BCUT2D eigenvalue weighted by atomic mass is 10.1. The Kier molecular flexibility index (Phi) is 4.12. The van der Waals surface area contributed by atoms with Crippen molar-refractivity contribution in [3.8, 4) is 0 Å². The van der Waals surface area contributed by atoms with E-state index in [1.807, 2.05) is 6.92 Å². The number of carboxylic acid groups (broad SMARTS) is 1. The summed E-state index contributed by atoms with van der Waals surface area (Å²) in [6, 6.07) is 0. The van der Waals surface area contributed by atoms with Gasteiger partial charge in [0.05, 0.1) is 6.42 Å². The van der Waals surface area contributed by atoms with E-state index >= 15 is 0 Å². The van der Waals surface area contributed by atoms with E-state index in [4.69, 9.17) is 5.11 Å². The standard InChI is InChI=1S/C13H19N3O2/c1-9-10-5-3-2-4-6-11(10)16-13(15-9)14-8-7-12(17)18/h2-8H2,1H3,(H,17,18)(H,14,15,16). The van der Waals surface area contributed by atoms with Gasteiger partial charge in [-0.2, -0.15) is 0 Å². The second-order valence-corrected chi connectivity index (χ2v) is 4.69. The number of carbonyl (C=O) groups is 1. The van der Waals surface area contributed by atoms with Gasteiger partial charge in [-0.3, -0.25) is 4.79 Å². The largest absolute Gasteiger partial charge is 0.481 e. The summed E-state index contributed by atoms with van der Waals surface area (Å²) in [6.07, 6.45) is 5.79. The molecule has 0 atom stereocenters. The molecule has 1 aromatic heterocycles. The van der Waals surface area contributed by atoms with E-state index in [1.165, 1.54) is 24.8 Å². The van der Waals surface area contributed by atoms with Crippen LogP contribution in [0.1, 0.15) is 42.6 Å². The second-order valence-electron chi connectivity index (χ2n) is 4.69. The summed E-state index contributed by atoms with van der Waals surface area (Å²) in [5.41, 5.74) is 3.45. The van der Waals surface area contributed by atoms with Gasteiger partial charge in [0.25, 0.3) is 0 Å². The predicted octanol–water partition coefficient (Wildman–Crippen LogP) is 1.94. The van der Waals surface area contributed by atoms with Crippen LogP contribution in [0.3, 0.4) is 0 Å². The number of rotatable bonds is 4. The summed E-state index contributed by atoms with van der Waals surface area (Å²) in [7, 11) is 0. The third-order valence-corrected chi connectivity index (χ3v) is 3.26. The summed E-state index contributed by atoms with van der Waals surface area (Å²) in [5.74, 6) is -0.247. The van der Waals surface area contributed by atoms with Gasteiger partial charge in [0.1, 0.15) is 0 Å². The lowest BCUT2D eigenvalue weighted by Gasteiger charge is -2.11. The fraction of sp³-hybridized carbons (Fsp3) is 0.615. The van der Waals surface area contributed by atoms with E-state index < -0.39 is 5.97 Å². The maximum absolute atomic E-state index is 10.5. The fourth-order valence-corrected chi connectivity index (χ4v) is 2.32. The Morgan fingerprint density at radius 3 is 2.83 bits per heavy atom. The van der Waals surface area contributed by atoms with Gasteiger partial charge in [0.2, 0.25) is 5.95 Å². The van der Waals surface area contributed by atoms with Crippen molar-refractivity contribution in [1.29, 1.82) is 0 Å². The number of hydrogen-bond acceptors (Lipinski definition) is 4. The van der Waals surface area contributed by atoms with Crippen LogP contribution in [-0.2, 0) is 17.6 Å². The summed E-state index contributed by atoms with van der Waals surface area (Å²) in [6.45, 7) is 2.38. The topological polar surface area (TPSA) is 75.1 Å². The Bertz CT molecular complexity index is 446. The summed E-state index contributed by atoms with van der Waals surface area (Å²) >= 11 is 0. The van der Waals surface area contributed by atoms with Gasteiger partial charge in [0, 0.05) is 17.9 Å². The quantitative estimate of drug-likeness (QED) is 0.798. The average molecular weight is 249 g/mol. The number of anilines is 1. The number of hydrogen-bond donors (Lipinski definition) is 2. The fourth-order valence-electron chi connectivity index (χ4n) is 2.32. The van der Waals surface area contributed by atoms with E-state index in [1.54, 1.807) is 0 Å². The van der Waals surface area contributed by atoms with Crippen molar-refractivity contribution in [2.45, 2.75) is 45.4 Å². The van der Waals surface area contributed by atoms with Crippen LogP contribution in [0.4, 0.5) is 5.95 Å². The first-order valence-electron chi connectivity index (χ1n) is 6.49. The van der Waals surface area contributed by atoms with E-state index in [-0.39, 0.29) is 6.42 Å². The Morgan fingerprint density at radius 1 is 1.28 bits per heavy atom. The molecular weight excluding hydrogens is 230 g/mol. The number of carboxylic acids is 1. The average Bonchev–Trinajstić information content (AvgIpc) is 2.54. The van der Waals surface area contributed by atoms with Crippen molar-refractivity contribution in [3.05, 3.63) is 17.0 Å². The highest BCUT2D eigenvalue weighted by molar-refractivity contribution is 5.67. The Labute approximate surface area is 107 Å². The molecular formula is C13H19N3O2. The van der Waals surface area contributed by atoms with Gasteiger partial charge in [-0.05, 0) is 38.2 Å². The highest BCUT2D eigenvalue weighted by Crippen LogP contribution is 2.22. The Balaban J connectivity index is 2.10. The van der Waals surface area contributed by atoms with Gasteiger partial charge in [0.15, 0.2) is 0 Å². The lowest BCUT2D eigenvalue weighted by molar-refractivity contribution is -0.136. The molecule has 0 spiro atoms. The van der Waals surface area contributed by atoms with Crippen LogP contribution in [0, 0.1) is 6.92 Å². The number of aromatic nitrogens is 2. The van der Waals surface area contributed by atoms with Crippen molar-refractivity contribution in [1.82, 2.24) is 9.97 Å². The number of nitrogens with one attached hydrogen (secondary N) is 1. The van der Waals surface area contributed by atoms with Gasteiger partial charge in [-0.15, -0.1) is 0 Å². The lowest BCUT2D eigenvalue weighted by Crippen LogP contribution is -2.12. The van der Waals surface area contributed by atoms with Crippen molar-refractivity contribution >= 4 is 11.9 Å². The molecule has 1 heterocycles. The zero-order chi connectivity index (χ0) is 13.0. The maximum atomic E-state index is 10.5. The van der Waals surface area contributed by atoms with Crippen molar-refractivity contribution in [2.24, 2.45) is 0 Å². The Hall–Kier alpha value is -1.65. The van der Waals surface area contributed by atoms with Crippen LogP contribution >= 0.6 is 0 Å². The third kappa shape index (κ3) is 3.18. The van der Waals surface area contributed by atoms with E-state index in [0.29, 0.717) is 12.5 Å². The molecule has 98 valence electrons. The van der Waals surface area contributed by atoms with Gasteiger partial charge < -0.3 is 10.4 Å². The molecule has 0 amide bonds. The van der Waals surface area contributed by atoms with Crippen molar-refractivity contribution in [3.63, 3.8) is 0 Å². The molecule has 18 heavy (non-hydrogen) atoms. The monoisotopic (exact) mass is 249 g/mol. The molecule has 0 radical (unpaired) electrons. The minimum atomic E-state index is -0.811. The zero-order valence-corrected chi connectivity index (χ0v) is 10.7. The molecule has 0 unspecified atom stereocenters. The van der Waals surface area contributed by atoms with Crippen LogP contribution in [0.15, 0.2) is 0 Å². The molecule has 2 N–H and O–H groups in total. The minimum absolute atomic E-state index is 0.0828. The molecule has 1 aromatic rings. The smallest absolute Gasteiger partial charge is 0.305 e. The number of nitrogens with zero attached hydrogens (tertiary/aromatic N) is 2. The van der Waals surface area contributed by atoms with Crippen LogP contribution < -0.4 is 5.32 Å². The third-order valence-electron chi connectivity index (χ3n) is 3.26. The first kappa shape index (κ1) is 12.8. The molecule has 0 saturated carbocycles. The van der Waals surface area contributed by atoms with Gasteiger partial charge in [-0.1, -0.05) is 6.42 Å². The number of fused-ring (bicyclic) bond motifs is 1.